The highest BCUT2D eigenvalue weighted by Gasteiger charge is 2.09. The molecule has 0 aliphatic heterocycles. The van der Waals surface area contributed by atoms with Crippen LogP contribution in [0.25, 0.3) is 0 Å². The van der Waals surface area contributed by atoms with E-state index in [9.17, 15) is 9.90 Å². The molecule has 0 aromatic rings. The van der Waals surface area contributed by atoms with Gasteiger partial charge in [-0.3, -0.25) is 0 Å². The molecule has 0 heterocycles. The molecule has 0 saturated heterocycles. The van der Waals surface area contributed by atoms with Crippen molar-refractivity contribution in [3.63, 3.8) is 0 Å². The quantitative estimate of drug-likeness (QED) is 0.183. The smallest absolute Gasteiger partial charge is 0.333 e. The Bertz CT molecular complexity index is 341. The maximum Gasteiger partial charge on any atom is 0.333 e. The van der Waals surface area contributed by atoms with E-state index < -0.39 is 12.1 Å². The van der Waals surface area contributed by atoms with Gasteiger partial charge < -0.3 is 14.6 Å². The second kappa shape index (κ2) is 18.9. The van der Waals surface area contributed by atoms with Crippen molar-refractivity contribution < 1.29 is 19.4 Å². The number of aliphatic hydroxyl groups is 1. The van der Waals surface area contributed by atoms with Crippen LogP contribution in [0.2, 0.25) is 0 Å². The first kappa shape index (κ1) is 25.1. The van der Waals surface area contributed by atoms with Gasteiger partial charge in [-0.25, -0.2) is 4.79 Å². The van der Waals surface area contributed by atoms with Gasteiger partial charge in [-0.05, 0) is 13.3 Å². The molecule has 0 radical (unpaired) electrons. The molecule has 0 saturated carbocycles. The molecule has 4 heteroatoms. The van der Waals surface area contributed by atoms with Crippen LogP contribution in [-0.4, -0.2) is 37.0 Å². The van der Waals surface area contributed by atoms with Crippen molar-refractivity contribution >= 4 is 5.97 Å². The first-order valence-electron chi connectivity index (χ1n) is 10.7. The summed E-state index contributed by atoms with van der Waals surface area (Å²) in [6.45, 7) is 8.17. The van der Waals surface area contributed by atoms with Crippen LogP contribution in [-0.2, 0) is 14.3 Å². The van der Waals surface area contributed by atoms with E-state index in [1.54, 1.807) is 6.92 Å². The standard InChI is InChI=1S/C22H42O4/c1-4-5-6-7-8-9-10-11-12-13-14-15-16-17-25-18-21(23)19-26-22(24)20(2)3/h21,23H,2,4-19H2,1,3H3. The predicted molar refractivity (Wildman–Crippen MR) is 108 cm³/mol. The number of aliphatic hydroxyl groups excluding tert-OH is 1. The highest BCUT2D eigenvalue weighted by Crippen LogP contribution is 2.12. The van der Waals surface area contributed by atoms with Crippen molar-refractivity contribution in [1.82, 2.24) is 0 Å². The number of ether oxygens (including phenoxy) is 2. The van der Waals surface area contributed by atoms with Crippen LogP contribution in [0.4, 0.5) is 0 Å². The van der Waals surface area contributed by atoms with Gasteiger partial charge in [-0.1, -0.05) is 90.6 Å². The van der Waals surface area contributed by atoms with Gasteiger partial charge in [0, 0.05) is 12.2 Å². The summed E-state index contributed by atoms with van der Waals surface area (Å²) < 4.78 is 10.3. The molecule has 0 spiro atoms. The molecule has 154 valence electrons. The van der Waals surface area contributed by atoms with Crippen LogP contribution in [0.3, 0.4) is 0 Å². The van der Waals surface area contributed by atoms with Gasteiger partial charge in [-0.2, -0.15) is 0 Å². The van der Waals surface area contributed by atoms with Crippen molar-refractivity contribution in [3.05, 3.63) is 12.2 Å². The van der Waals surface area contributed by atoms with E-state index >= 15 is 0 Å². The van der Waals surface area contributed by atoms with Gasteiger partial charge in [0.15, 0.2) is 0 Å². The number of carbonyl (C=O) groups excluding carboxylic acids is 1. The Morgan fingerprint density at radius 2 is 1.31 bits per heavy atom. The lowest BCUT2D eigenvalue weighted by Crippen LogP contribution is -2.24. The van der Waals surface area contributed by atoms with Gasteiger partial charge >= 0.3 is 5.97 Å². The lowest BCUT2D eigenvalue weighted by atomic mass is 10.0. The Kier molecular flexibility index (Phi) is 18.3. The molecule has 1 unspecified atom stereocenters. The zero-order valence-corrected chi connectivity index (χ0v) is 17.3. The van der Waals surface area contributed by atoms with Crippen LogP contribution >= 0.6 is 0 Å². The fraction of sp³-hybridized carbons (Fsp3) is 0.864. The van der Waals surface area contributed by atoms with Crippen LogP contribution in [0.1, 0.15) is 97.3 Å². The molecule has 0 aromatic heterocycles. The van der Waals surface area contributed by atoms with Crippen LogP contribution < -0.4 is 0 Å². The normalized spacial score (nSPS) is 12.1. The van der Waals surface area contributed by atoms with Gasteiger partial charge in [0.2, 0.25) is 0 Å². The third-order valence-corrected chi connectivity index (χ3v) is 4.46. The van der Waals surface area contributed by atoms with Gasteiger partial charge in [0.1, 0.15) is 12.7 Å². The Morgan fingerprint density at radius 1 is 0.846 bits per heavy atom. The summed E-state index contributed by atoms with van der Waals surface area (Å²) >= 11 is 0. The summed E-state index contributed by atoms with van der Waals surface area (Å²) in [6.07, 6.45) is 16.5. The first-order chi connectivity index (χ1) is 12.6. The molecule has 1 N–H and O–H groups in total. The van der Waals surface area contributed by atoms with Gasteiger partial charge in [0.05, 0.1) is 6.61 Å². The Morgan fingerprint density at radius 3 is 1.77 bits per heavy atom. The molecular formula is C22H42O4. The minimum Gasteiger partial charge on any atom is -0.460 e. The van der Waals surface area contributed by atoms with E-state index in [0.29, 0.717) is 12.2 Å². The van der Waals surface area contributed by atoms with E-state index in [4.69, 9.17) is 9.47 Å². The first-order valence-corrected chi connectivity index (χ1v) is 10.7. The van der Waals surface area contributed by atoms with Crippen LogP contribution in [0, 0.1) is 0 Å². The monoisotopic (exact) mass is 370 g/mol. The molecule has 26 heavy (non-hydrogen) atoms. The second-order valence-corrected chi connectivity index (χ2v) is 7.35. The maximum absolute atomic E-state index is 11.2. The van der Waals surface area contributed by atoms with Crippen molar-refractivity contribution in [2.75, 3.05) is 19.8 Å². The van der Waals surface area contributed by atoms with E-state index in [-0.39, 0.29) is 13.2 Å². The summed E-state index contributed by atoms with van der Waals surface area (Å²) in [6, 6.07) is 0. The molecular weight excluding hydrogens is 328 g/mol. The van der Waals surface area contributed by atoms with Crippen LogP contribution in [0.5, 0.6) is 0 Å². The molecule has 1 atom stereocenters. The van der Waals surface area contributed by atoms with Gasteiger partial charge in [-0.15, -0.1) is 0 Å². The minimum absolute atomic E-state index is 0.0374. The SMILES string of the molecule is C=C(C)C(=O)OCC(O)COCCCCCCCCCCCCCCC. The Labute approximate surface area is 161 Å². The lowest BCUT2D eigenvalue weighted by Gasteiger charge is -2.11. The number of esters is 1. The summed E-state index contributed by atoms with van der Waals surface area (Å²) in [5.74, 6) is -0.472. The summed E-state index contributed by atoms with van der Waals surface area (Å²) in [5.41, 5.74) is 0.338. The molecule has 4 nitrogen and oxygen atoms in total. The lowest BCUT2D eigenvalue weighted by molar-refractivity contribution is -0.143. The molecule has 0 rings (SSSR count). The number of hydrogen-bond donors (Lipinski definition) is 1. The Hall–Kier alpha value is -0.870. The van der Waals surface area contributed by atoms with Crippen LogP contribution in [0.15, 0.2) is 12.2 Å². The maximum atomic E-state index is 11.2. The average Bonchev–Trinajstić information content (AvgIpc) is 2.62. The van der Waals surface area contributed by atoms with E-state index in [0.717, 1.165) is 6.42 Å². The number of unbranched alkanes of at least 4 members (excludes halogenated alkanes) is 12. The van der Waals surface area contributed by atoms with Gasteiger partial charge in [0.25, 0.3) is 0 Å². The van der Waals surface area contributed by atoms with Crippen molar-refractivity contribution in [3.8, 4) is 0 Å². The zero-order chi connectivity index (χ0) is 19.5. The van der Waals surface area contributed by atoms with E-state index in [1.165, 1.54) is 77.0 Å². The highest BCUT2D eigenvalue weighted by molar-refractivity contribution is 5.86. The number of carbonyl (C=O) groups is 1. The highest BCUT2D eigenvalue weighted by atomic mass is 16.5. The fourth-order valence-electron chi connectivity index (χ4n) is 2.78. The Balaban J connectivity index is 3.19. The largest absolute Gasteiger partial charge is 0.460 e. The molecule has 0 fully saturated rings. The van der Waals surface area contributed by atoms with Crippen molar-refractivity contribution in [2.24, 2.45) is 0 Å². The second-order valence-electron chi connectivity index (χ2n) is 7.35. The number of rotatable bonds is 19. The van der Waals surface area contributed by atoms with Crippen molar-refractivity contribution in [1.29, 1.82) is 0 Å². The molecule has 0 amide bonds. The average molecular weight is 371 g/mol. The summed E-state index contributed by atoms with van der Waals surface area (Å²) in [4.78, 5) is 11.2. The van der Waals surface area contributed by atoms with E-state index in [2.05, 4.69) is 13.5 Å². The molecule has 0 aliphatic rings. The zero-order valence-electron chi connectivity index (χ0n) is 17.3. The third kappa shape index (κ3) is 17.9. The molecule has 0 aliphatic carbocycles. The van der Waals surface area contributed by atoms with E-state index in [1.807, 2.05) is 0 Å². The fourth-order valence-corrected chi connectivity index (χ4v) is 2.78. The topological polar surface area (TPSA) is 55.8 Å². The summed E-state index contributed by atoms with van der Waals surface area (Å²) in [7, 11) is 0. The molecule has 0 bridgehead atoms. The third-order valence-electron chi connectivity index (χ3n) is 4.46. The predicted octanol–water partition coefficient (Wildman–Crippen LogP) is 5.57. The molecule has 0 aromatic carbocycles. The summed E-state index contributed by atoms with van der Waals surface area (Å²) in [5, 5.41) is 9.65. The van der Waals surface area contributed by atoms with Crippen molar-refractivity contribution in [2.45, 2.75) is 103 Å². The minimum atomic E-state index is -0.764. The number of hydrogen-bond acceptors (Lipinski definition) is 4.